The molecule has 14 heteroatoms. The van der Waals surface area contributed by atoms with Crippen molar-refractivity contribution in [2.75, 3.05) is 18.5 Å². The topological polar surface area (TPSA) is 192 Å². The lowest BCUT2D eigenvalue weighted by Crippen LogP contribution is -2.39. The van der Waals surface area contributed by atoms with Gasteiger partial charge in [0.15, 0.2) is 0 Å². The van der Waals surface area contributed by atoms with Crippen LogP contribution in [0.4, 0.5) is 5.69 Å². The van der Waals surface area contributed by atoms with Gasteiger partial charge in [-0.2, -0.15) is 5.26 Å². The molecule has 0 bridgehead atoms. The van der Waals surface area contributed by atoms with Crippen LogP contribution in [0.3, 0.4) is 0 Å². The number of aliphatic hydroxyl groups excluding tert-OH is 1. The van der Waals surface area contributed by atoms with E-state index in [1.165, 1.54) is 12.4 Å². The van der Waals surface area contributed by atoms with Crippen LogP contribution in [0.5, 0.6) is 5.75 Å². The number of benzene rings is 4. The Labute approximate surface area is 340 Å². The van der Waals surface area contributed by atoms with Gasteiger partial charge in [-0.25, -0.2) is 0 Å². The van der Waals surface area contributed by atoms with Gasteiger partial charge in [0.1, 0.15) is 24.5 Å². The Bertz CT molecular complexity index is 2300. The fraction of sp³-hybridized carbons (Fsp3) is 0.233. The third-order valence-corrected chi connectivity index (χ3v) is 10.4. The van der Waals surface area contributed by atoms with Gasteiger partial charge in [0.05, 0.1) is 17.2 Å². The largest absolute Gasteiger partial charge is 0.489 e. The summed E-state index contributed by atoms with van der Waals surface area (Å²) in [7, 11) is 0. The molecule has 0 aliphatic carbocycles. The number of nitriles is 1. The Morgan fingerprint density at radius 2 is 1.77 bits per heavy atom. The Kier molecular flexibility index (Phi) is 13.9. The van der Waals surface area contributed by atoms with E-state index in [4.69, 9.17) is 33.3 Å². The minimum Gasteiger partial charge on any atom is -0.489 e. The van der Waals surface area contributed by atoms with Crippen LogP contribution in [-0.2, 0) is 35.8 Å². The molecule has 4 aromatic carbocycles. The third kappa shape index (κ3) is 10.3. The number of aromatic nitrogens is 1. The second-order valence-corrected chi connectivity index (χ2v) is 14.3. The van der Waals surface area contributed by atoms with Crippen LogP contribution < -0.4 is 26.0 Å². The van der Waals surface area contributed by atoms with Crippen LogP contribution >= 0.6 is 23.2 Å². The number of pyridine rings is 1. The lowest BCUT2D eigenvalue weighted by atomic mass is 9.94. The van der Waals surface area contributed by atoms with Crippen LogP contribution in [0.2, 0.25) is 10.0 Å². The minimum absolute atomic E-state index is 0.0420. The Hall–Kier alpha value is -5.81. The van der Waals surface area contributed by atoms with E-state index in [1.807, 2.05) is 48.5 Å². The number of carboxylic acids is 1. The molecule has 12 nitrogen and oxygen atoms in total. The average Bonchev–Trinajstić information content (AvgIpc) is 3.64. The van der Waals surface area contributed by atoms with Crippen molar-refractivity contribution in [1.29, 1.82) is 10.7 Å². The van der Waals surface area contributed by atoms with Gasteiger partial charge in [0, 0.05) is 95.8 Å². The zero-order valence-corrected chi connectivity index (χ0v) is 32.3. The van der Waals surface area contributed by atoms with Gasteiger partial charge in [-0.1, -0.05) is 77.8 Å². The summed E-state index contributed by atoms with van der Waals surface area (Å²) in [6.45, 7) is 1.16. The first-order valence-electron chi connectivity index (χ1n) is 18.3. The molecule has 1 aliphatic rings. The Balaban J connectivity index is 1.20. The molecule has 0 radical (unpaired) electrons. The summed E-state index contributed by atoms with van der Waals surface area (Å²) in [6, 6.07) is 25.9. The van der Waals surface area contributed by atoms with Crippen molar-refractivity contribution >= 4 is 47.0 Å². The molecule has 57 heavy (non-hydrogen) atoms. The molecule has 0 spiro atoms. The molecule has 0 saturated carbocycles. The van der Waals surface area contributed by atoms with Gasteiger partial charge in [-0.05, 0) is 52.9 Å². The summed E-state index contributed by atoms with van der Waals surface area (Å²) in [5.74, 6) is -0.676. The zero-order chi connectivity index (χ0) is 40.3. The summed E-state index contributed by atoms with van der Waals surface area (Å²) in [5.41, 5.74) is 8.03. The predicted octanol–water partition coefficient (Wildman–Crippen LogP) is 6.69. The van der Waals surface area contributed by atoms with E-state index in [2.05, 4.69) is 44.5 Å². The highest BCUT2D eigenvalue weighted by Crippen LogP contribution is 2.39. The highest BCUT2D eigenvalue weighted by molar-refractivity contribution is 6.36. The highest BCUT2D eigenvalue weighted by atomic mass is 35.5. The van der Waals surface area contributed by atoms with E-state index < -0.39 is 18.6 Å². The minimum atomic E-state index is -1.20. The molecule has 1 saturated heterocycles. The predicted molar refractivity (Wildman–Crippen MR) is 220 cm³/mol. The molecule has 6 rings (SSSR count). The van der Waals surface area contributed by atoms with Gasteiger partial charge in [0.2, 0.25) is 5.91 Å². The summed E-state index contributed by atoms with van der Waals surface area (Å²) in [5, 5.41) is 50.2. The first-order valence-corrected chi connectivity index (χ1v) is 19.0. The van der Waals surface area contributed by atoms with Crippen molar-refractivity contribution in [2.24, 2.45) is 0 Å². The molecule has 1 amide bonds. The molecule has 2 unspecified atom stereocenters. The fourth-order valence-corrected chi connectivity index (χ4v) is 7.17. The van der Waals surface area contributed by atoms with Gasteiger partial charge in [-0.3, -0.25) is 19.9 Å². The summed E-state index contributed by atoms with van der Waals surface area (Å²) in [4.78, 5) is 27.1. The number of amides is 1. The maximum atomic E-state index is 11.5. The number of halogens is 2. The number of carbonyl (C=O) groups is 2. The average molecular weight is 807 g/mol. The molecule has 7 N–H and O–H groups in total. The van der Waals surface area contributed by atoms with Gasteiger partial charge in [0.25, 0.3) is 0 Å². The van der Waals surface area contributed by atoms with Crippen LogP contribution in [-0.4, -0.2) is 58.5 Å². The van der Waals surface area contributed by atoms with E-state index in [1.54, 1.807) is 24.4 Å². The van der Waals surface area contributed by atoms with E-state index in [-0.39, 0.29) is 31.6 Å². The molecule has 2 atom stereocenters. The fourth-order valence-electron chi connectivity index (χ4n) is 6.58. The number of carbonyl (C=O) groups excluding carboxylic acids is 1. The molecule has 1 aliphatic heterocycles. The van der Waals surface area contributed by atoms with Gasteiger partial charge in [-0.15, -0.1) is 0 Å². The van der Waals surface area contributed by atoms with Crippen LogP contribution in [0.1, 0.15) is 46.2 Å². The van der Waals surface area contributed by atoms with Crippen LogP contribution in [0.25, 0.3) is 22.3 Å². The van der Waals surface area contributed by atoms with E-state index in [0.717, 1.165) is 40.8 Å². The number of ether oxygens (including phenoxy) is 1. The van der Waals surface area contributed by atoms with Crippen molar-refractivity contribution < 1.29 is 24.5 Å². The van der Waals surface area contributed by atoms with Crippen molar-refractivity contribution in [2.45, 2.75) is 51.2 Å². The SMILES string of the molecule is N#Cc1cncc(COc2cc(CNc3cccc(-c4cccc(-c5ccc(CNCC6CCC(=O)N6)cc5)c4Cl)c3C=N)c(Cl)cc2CNC(CO)C(=O)O)c1. The molecule has 1 aromatic heterocycles. The summed E-state index contributed by atoms with van der Waals surface area (Å²) >= 11 is 13.9. The highest BCUT2D eigenvalue weighted by Gasteiger charge is 2.21. The molecule has 1 fully saturated rings. The number of nitrogens with one attached hydrogen (secondary N) is 5. The van der Waals surface area contributed by atoms with Crippen LogP contribution in [0.15, 0.2) is 91.3 Å². The first-order chi connectivity index (χ1) is 27.7. The van der Waals surface area contributed by atoms with E-state index in [9.17, 15) is 25.1 Å². The third-order valence-electron chi connectivity index (χ3n) is 9.65. The number of aliphatic carboxylic acids is 1. The number of aliphatic hydroxyl groups is 1. The van der Waals surface area contributed by atoms with Crippen molar-refractivity contribution in [3.05, 3.63) is 135 Å². The number of hydrogen-bond donors (Lipinski definition) is 7. The van der Waals surface area contributed by atoms with Crippen LogP contribution in [0, 0.1) is 16.7 Å². The Morgan fingerprint density at radius 3 is 2.49 bits per heavy atom. The lowest BCUT2D eigenvalue weighted by Gasteiger charge is -2.19. The number of rotatable bonds is 18. The smallest absolute Gasteiger partial charge is 0.323 e. The summed E-state index contributed by atoms with van der Waals surface area (Å²) < 4.78 is 6.17. The van der Waals surface area contributed by atoms with Gasteiger partial charge < -0.3 is 36.3 Å². The second kappa shape index (κ2) is 19.4. The quantitative estimate of drug-likeness (QED) is 0.0470. The number of hydrogen-bond acceptors (Lipinski definition) is 10. The molecular formula is C43H41Cl2N7O5. The molecule has 5 aromatic rings. The number of anilines is 1. The monoisotopic (exact) mass is 805 g/mol. The Morgan fingerprint density at radius 1 is 1.00 bits per heavy atom. The lowest BCUT2D eigenvalue weighted by molar-refractivity contribution is -0.140. The normalized spacial score (nSPS) is 14.1. The van der Waals surface area contributed by atoms with Crippen molar-refractivity contribution in [3.8, 4) is 34.1 Å². The standard InChI is InChI=1S/C43H41Cl2N7O5/c44-37-14-31(22-51-39(24-53)43(55)56)40(57-25-28-13-27(16-46)19-48-20-28)15-30(37)21-50-38-6-2-4-34(36(38)17-47)35-5-1-3-33(42(35)45)29-9-7-26(8-10-29)18-49-23-32-11-12-41(54)52-32/h1-10,13-15,17,19-20,32,39,47,49-51,53H,11-12,18,21-25H2,(H,52,54)(H,55,56). The number of nitrogens with zero attached hydrogens (tertiary/aromatic N) is 2. The maximum absolute atomic E-state index is 11.5. The van der Waals surface area contributed by atoms with E-state index in [0.29, 0.717) is 62.3 Å². The van der Waals surface area contributed by atoms with Crippen molar-refractivity contribution in [1.82, 2.24) is 20.9 Å². The van der Waals surface area contributed by atoms with Crippen molar-refractivity contribution in [3.63, 3.8) is 0 Å². The summed E-state index contributed by atoms with van der Waals surface area (Å²) in [6.07, 6.45) is 5.76. The van der Waals surface area contributed by atoms with E-state index >= 15 is 0 Å². The second-order valence-electron chi connectivity index (χ2n) is 13.6. The maximum Gasteiger partial charge on any atom is 0.323 e. The molecule has 2 heterocycles. The first kappa shape index (κ1) is 40.8. The number of carboxylic acid groups (broad SMARTS) is 1. The zero-order valence-electron chi connectivity index (χ0n) is 30.8. The van der Waals surface area contributed by atoms with Gasteiger partial charge >= 0.3 is 5.97 Å². The molecular weight excluding hydrogens is 765 g/mol. The molecule has 292 valence electrons.